The normalized spacial score (nSPS) is 31.0. The Bertz CT molecular complexity index is 268. The molecule has 3 aliphatic rings. The summed E-state index contributed by atoms with van der Waals surface area (Å²) in [5.74, 6) is 0. The Hall–Kier alpha value is -0.340. The number of nitrogens with one attached hydrogen (secondary N) is 1. The van der Waals surface area contributed by atoms with Crippen LogP contribution >= 0.6 is 0 Å². The molecule has 1 aliphatic heterocycles. The molecule has 0 aromatic heterocycles. The van der Waals surface area contributed by atoms with Gasteiger partial charge in [-0.1, -0.05) is 11.6 Å². The van der Waals surface area contributed by atoms with Gasteiger partial charge < -0.3 is 5.32 Å². The average molecular weight is 220 g/mol. The Balaban J connectivity index is 1.33. The molecule has 1 N–H and O–H groups in total. The van der Waals surface area contributed by atoms with E-state index in [1.54, 1.807) is 5.57 Å². The molecule has 3 rings (SSSR count). The van der Waals surface area contributed by atoms with Gasteiger partial charge in [-0.05, 0) is 51.5 Å². The van der Waals surface area contributed by atoms with Gasteiger partial charge in [-0.3, -0.25) is 4.90 Å². The molecular formula is C14H24N2. The summed E-state index contributed by atoms with van der Waals surface area (Å²) < 4.78 is 0. The van der Waals surface area contributed by atoms with Crippen molar-refractivity contribution < 1.29 is 0 Å². The third-order valence-electron chi connectivity index (χ3n) is 4.30. The van der Waals surface area contributed by atoms with E-state index < -0.39 is 0 Å². The van der Waals surface area contributed by atoms with Crippen LogP contribution in [0, 0.1) is 0 Å². The molecule has 1 saturated heterocycles. The molecule has 2 heteroatoms. The van der Waals surface area contributed by atoms with Gasteiger partial charge in [-0.25, -0.2) is 0 Å². The molecule has 1 saturated carbocycles. The number of nitrogens with zero attached hydrogens (tertiary/aromatic N) is 1. The fourth-order valence-electron chi connectivity index (χ4n) is 3.13. The highest BCUT2D eigenvalue weighted by atomic mass is 15.2. The van der Waals surface area contributed by atoms with Crippen molar-refractivity contribution in [2.75, 3.05) is 19.6 Å². The predicted octanol–water partition coefficient (Wildman–Crippen LogP) is 2.31. The summed E-state index contributed by atoms with van der Waals surface area (Å²) >= 11 is 0. The van der Waals surface area contributed by atoms with Crippen molar-refractivity contribution in [3.63, 3.8) is 0 Å². The van der Waals surface area contributed by atoms with Gasteiger partial charge in [0.05, 0.1) is 0 Å². The van der Waals surface area contributed by atoms with Crippen molar-refractivity contribution in [3.8, 4) is 0 Å². The topological polar surface area (TPSA) is 15.3 Å². The second-order valence-corrected chi connectivity index (χ2v) is 5.67. The molecule has 90 valence electrons. The van der Waals surface area contributed by atoms with Crippen molar-refractivity contribution in [2.24, 2.45) is 0 Å². The second kappa shape index (κ2) is 4.89. The van der Waals surface area contributed by atoms with Crippen LogP contribution in [0.25, 0.3) is 0 Å². The molecule has 1 unspecified atom stereocenters. The minimum atomic E-state index is 0.780. The van der Waals surface area contributed by atoms with Crippen molar-refractivity contribution in [1.29, 1.82) is 0 Å². The lowest BCUT2D eigenvalue weighted by atomic mass is 10.1. The third-order valence-corrected chi connectivity index (χ3v) is 4.30. The van der Waals surface area contributed by atoms with E-state index in [-0.39, 0.29) is 0 Å². The van der Waals surface area contributed by atoms with E-state index in [1.165, 1.54) is 64.6 Å². The molecule has 0 amide bonds. The largest absolute Gasteiger partial charge is 0.312 e. The first-order valence-electron chi connectivity index (χ1n) is 7.07. The fraction of sp³-hybridized carbons (Fsp3) is 0.857. The first-order chi connectivity index (χ1) is 7.92. The van der Waals surface area contributed by atoms with Gasteiger partial charge in [0.2, 0.25) is 0 Å². The highest BCUT2D eigenvalue weighted by Crippen LogP contribution is 2.29. The van der Waals surface area contributed by atoms with Gasteiger partial charge in [-0.2, -0.15) is 0 Å². The van der Waals surface area contributed by atoms with E-state index in [0.717, 1.165) is 12.1 Å². The summed E-state index contributed by atoms with van der Waals surface area (Å²) in [5.41, 5.74) is 1.70. The molecule has 2 aliphatic carbocycles. The van der Waals surface area contributed by atoms with E-state index in [4.69, 9.17) is 0 Å². The lowest BCUT2D eigenvalue weighted by Crippen LogP contribution is -2.33. The number of likely N-dealkylation sites (tertiary alicyclic amines) is 1. The Morgan fingerprint density at radius 1 is 1.31 bits per heavy atom. The van der Waals surface area contributed by atoms with Gasteiger partial charge >= 0.3 is 0 Å². The Morgan fingerprint density at radius 2 is 2.25 bits per heavy atom. The van der Waals surface area contributed by atoms with Crippen LogP contribution in [0.5, 0.6) is 0 Å². The van der Waals surface area contributed by atoms with Crippen LogP contribution < -0.4 is 5.32 Å². The van der Waals surface area contributed by atoms with Crippen molar-refractivity contribution in [1.82, 2.24) is 10.2 Å². The minimum Gasteiger partial charge on any atom is -0.312 e. The maximum Gasteiger partial charge on any atom is 0.0207 e. The summed E-state index contributed by atoms with van der Waals surface area (Å²) in [6.45, 7) is 3.85. The number of hydrogen-bond donors (Lipinski definition) is 1. The molecule has 0 spiro atoms. The molecule has 1 heterocycles. The molecule has 16 heavy (non-hydrogen) atoms. The van der Waals surface area contributed by atoms with E-state index in [0.29, 0.717) is 0 Å². The maximum atomic E-state index is 3.74. The quantitative estimate of drug-likeness (QED) is 0.715. The van der Waals surface area contributed by atoms with E-state index in [2.05, 4.69) is 16.3 Å². The molecule has 1 atom stereocenters. The summed E-state index contributed by atoms with van der Waals surface area (Å²) in [5, 5.41) is 3.74. The number of allylic oxidation sites excluding steroid dienone is 1. The summed E-state index contributed by atoms with van der Waals surface area (Å²) in [4.78, 5) is 2.69. The SMILES string of the molecule is C1=C(CCNC2CCN(C3CC3)C2)CCC1. The van der Waals surface area contributed by atoms with Gasteiger partial charge in [0.1, 0.15) is 0 Å². The first-order valence-corrected chi connectivity index (χ1v) is 7.07. The Labute approximate surface area is 99.1 Å². The highest BCUT2D eigenvalue weighted by molar-refractivity contribution is 5.07. The maximum absolute atomic E-state index is 3.74. The monoisotopic (exact) mass is 220 g/mol. The average Bonchev–Trinajstić information content (AvgIpc) is 2.83. The molecule has 0 aromatic rings. The molecule has 0 aromatic carbocycles. The smallest absolute Gasteiger partial charge is 0.0207 e. The summed E-state index contributed by atoms with van der Waals surface area (Å²) in [6, 6.07) is 1.74. The number of hydrogen-bond acceptors (Lipinski definition) is 2. The first kappa shape index (κ1) is 10.8. The molecule has 2 fully saturated rings. The van der Waals surface area contributed by atoms with Crippen LogP contribution in [0.3, 0.4) is 0 Å². The van der Waals surface area contributed by atoms with Crippen molar-refractivity contribution >= 4 is 0 Å². The van der Waals surface area contributed by atoms with E-state index in [9.17, 15) is 0 Å². The zero-order valence-electron chi connectivity index (χ0n) is 10.3. The minimum absolute atomic E-state index is 0.780. The van der Waals surface area contributed by atoms with Crippen LogP contribution in [0.4, 0.5) is 0 Å². The van der Waals surface area contributed by atoms with Gasteiger partial charge in [0.15, 0.2) is 0 Å². The van der Waals surface area contributed by atoms with Gasteiger partial charge in [0, 0.05) is 25.2 Å². The summed E-state index contributed by atoms with van der Waals surface area (Å²) in [7, 11) is 0. The Kier molecular flexibility index (Phi) is 3.30. The lowest BCUT2D eigenvalue weighted by molar-refractivity contribution is 0.318. The van der Waals surface area contributed by atoms with Crippen LogP contribution in [0.1, 0.15) is 44.9 Å². The van der Waals surface area contributed by atoms with Gasteiger partial charge in [0.25, 0.3) is 0 Å². The Morgan fingerprint density at radius 3 is 3.00 bits per heavy atom. The second-order valence-electron chi connectivity index (χ2n) is 5.67. The standard InChI is InChI=1S/C14H24N2/c1-2-4-12(3-1)7-9-15-13-8-10-16(11-13)14-5-6-14/h3,13-15H,1-2,4-11H2. The van der Waals surface area contributed by atoms with E-state index in [1.807, 2.05) is 0 Å². The van der Waals surface area contributed by atoms with Crippen molar-refractivity contribution in [3.05, 3.63) is 11.6 Å². The third kappa shape index (κ3) is 2.67. The van der Waals surface area contributed by atoms with Crippen molar-refractivity contribution in [2.45, 2.75) is 57.0 Å². The number of rotatable bonds is 5. The van der Waals surface area contributed by atoms with Crippen LogP contribution in [-0.2, 0) is 0 Å². The van der Waals surface area contributed by atoms with Gasteiger partial charge in [-0.15, -0.1) is 0 Å². The molecule has 0 radical (unpaired) electrons. The fourth-order valence-corrected chi connectivity index (χ4v) is 3.13. The molecular weight excluding hydrogens is 196 g/mol. The molecule has 0 bridgehead atoms. The highest BCUT2D eigenvalue weighted by Gasteiger charge is 2.33. The summed E-state index contributed by atoms with van der Waals surface area (Å²) in [6.07, 6.45) is 12.1. The van der Waals surface area contributed by atoms with Crippen LogP contribution in [0.2, 0.25) is 0 Å². The predicted molar refractivity (Wildman–Crippen MR) is 67.6 cm³/mol. The zero-order chi connectivity index (χ0) is 10.8. The lowest BCUT2D eigenvalue weighted by Gasteiger charge is -2.15. The molecule has 2 nitrogen and oxygen atoms in total. The van der Waals surface area contributed by atoms with Crippen LogP contribution in [0.15, 0.2) is 11.6 Å². The zero-order valence-corrected chi connectivity index (χ0v) is 10.3. The van der Waals surface area contributed by atoms with Crippen LogP contribution in [-0.4, -0.2) is 36.6 Å². The van der Waals surface area contributed by atoms with E-state index >= 15 is 0 Å².